The third-order valence-corrected chi connectivity index (χ3v) is 3.95. The molecule has 1 unspecified atom stereocenters. The quantitative estimate of drug-likeness (QED) is 0.305. The van der Waals surface area contributed by atoms with Gasteiger partial charge in [0.2, 0.25) is 5.91 Å². The molecular formula is C13H23N5O2. The average Bonchev–Trinajstić information content (AvgIpc) is 2.83. The monoisotopic (exact) mass is 281 g/mol. The molecular weight excluding hydrogens is 258 g/mol. The standard InChI is InChI=1S/C13H23N5O2/c14-16-15-10-12-9-13(19)18(11-12)4-2-1-3-17-5-7-20-8-6-17/h12H,1-11H2. The Hall–Kier alpha value is -1.30. The van der Waals surface area contributed by atoms with E-state index < -0.39 is 0 Å². The van der Waals surface area contributed by atoms with Gasteiger partial charge in [0.25, 0.3) is 0 Å². The van der Waals surface area contributed by atoms with Crippen molar-refractivity contribution in [2.45, 2.75) is 19.3 Å². The molecule has 0 saturated carbocycles. The maximum atomic E-state index is 11.8. The molecule has 2 rings (SSSR count). The topological polar surface area (TPSA) is 81.5 Å². The van der Waals surface area contributed by atoms with E-state index >= 15 is 0 Å². The van der Waals surface area contributed by atoms with Crippen LogP contribution >= 0.6 is 0 Å². The van der Waals surface area contributed by atoms with Crippen LogP contribution in [-0.2, 0) is 9.53 Å². The maximum absolute atomic E-state index is 11.8. The molecule has 2 aliphatic heterocycles. The summed E-state index contributed by atoms with van der Waals surface area (Å²) >= 11 is 0. The number of morpholine rings is 1. The molecule has 0 spiro atoms. The zero-order valence-corrected chi connectivity index (χ0v) is 11.9. The second kappa shape index (κ2) is 8.09. The minimum atomic E-state index is 0.203. The van der Waals surface area contributed by atoms with Gasteiger partial charge in [-0.25, -0.2) is 0 Å². The van der Waals surface area contributed by atoms with Gasteiger partial charge in [-0.15, -0.1) is 0 Å². The minimum absolute atomic E-state index is 0.203. The van der Waals surface area contributed by atoms with Gasteiger partial charge in [-0.2, -0.15) is 0 Å². The number of ether oxygens (including phenoxy) is 1. The van der Waals surface area contributed by atoms with Crippen LogP contribution in [-0.4, -0.2) is 68.2 Å². The van der Waals surface area contributed by atoms with E-state index in [-0.39, 0.29) is 11.8 Å². The number of carbonyl (C=O) groups is 1. The highest BCUT2D eigenvalue weighted by molar-refractivity contribution is 5.78. The molecule has 112 valence electrons. The van der Waals surface area contributed by atoms with Gasteiger partial charge in [-0.1, -0.05) is 5.11 Å². The lowest BCUT2D eigenvalue weighted by molar-refractivity contribution is -0.127. The molecule has 7 heteroatoms. The molecule has 0 aliphatic carbocycles. The fourth-order valence-corrected chi connectivity index (χ4v) is 2.81. The first kappa shape index (κ1) is 15.1. The van der Waals surface area contributed by atoms with Gasteiger partial charge in [0, 0.05) is 44.1 Å². The Bertz CT molecular complexity index is 364. The van der Waals surface area contributed by atoms with Crippen molar-refractivity contribution >= 4 is 5.91 Å². The molecule has 1 atom stereocenters. The predicted octanol–water partition coefficient (Wildman–Crippen LogP) is 1.26. The molecule has 0 aromatic rings. The lowest BCUT2D eigenvalue weighted by Crippen LogP contribution is -2.37. The highest BCUT2D eigenvalue weighted by Crippen LogP contribution is 2.18. The Balaban J connectivity index is 1.59. The summed E-state index contributed by atoms with van der Waals surface area (Å²) in [6.45, 7) is 6.83. The predicted molar refractivity (Wildman–Crippen MR) is 75.2 cm³/mol. The van der Waals surface area contributed by atoms with Crippen LogP contribution < -0.4 is 0 Å². The summed E-state index contributed by atoms with van der Waals surface area (Å²) < 4.78 is 5.32. The summed E-state index contributed by atoms with van der Waals surface area (Å²) in [5, 5.41) is 3.56. The number of likely N-dealkylation sites (tertiary alicyclic amines) is 1. The maximum Gasteiger partial charge on any atom is 0.222 e. The Labute approximate surface area is 119 Å². The van der Waals surface area contributed by atoms with Crippen molar-refractivity contribution in [2.75, 3.05) is 52.5 Å². The van der Waals surface area contributed by atoms with Crippen molar-refractivity contribution in [1.29, 1.82) is 0 Å². The van der Waals surface area contributed by atoms with Gasteiger partial charge in [0.15, 0.2) is 0 Å². The van der Waals surface area contributed by atoms with Crippen LogP contribution in [0.25, 0.3) is 10.4 Å². The third-order valence-electron chi connectivity index (χ3n) is 3.95. The third kappa shape index (κ3) is 4.67. The molecule has 1 amide bonds. The van der Waals surface area contributed by atoms with Gasteiger partial charge < -0.3 is 9.64 Å². The molecule has 2 saturated heterocycles. The number of hydrogen-bond acceptors (Lipinski definition) is 4. The van der Waals surface area contributed by atoms with Crippen LogP contribution in [0.3, 0.4) is 0 Å². The van der Waals surface area contributed by atoms with Crippen molar-refractivity contribution in [3.05, 3.63) is 10.4 Å². The van der Waals surface area contributed by atoms with Gasteiger partial charge in [-0.05, 0) is 30.8 Å². The van der Waals surface area contributed by atoms with E-state index in [1.54, 1.807) is 0 Å². The van der Waals surface area contributed by atoms with Gasteiger partial charge >= 0.3 is 0 Å². The second-order valence-electron chi connectivity index (χ2n) is 5.48. The van der Waals surface area contributed by atoms with E-state index in [1.165, 1.54) is 0 Å². The summed E-state index contributed by atoms with van der Waals surface area (Å²) in [6.07, 6.45) is 2.69. The molecule has 0 bridgehead atoms. The number of azide groups is 1. The molecule has 0 aromatic carbocycles. The van der Waals surface area contributed by atoms with E-state index in [0.717, 1.165) is 58.8 Å². The lowest BCUT2D eigenvalue weighted by atomic mass is 10.1. The van der Waals surface area contributed by atoms with Gasteiger partial charge in [-0.3, -0.25) is 9.69 Å². The highest BCUT2D eigenvalue weighted by atomic mass is 16.5. The molecule has 0 N–H and O–H groups in total. The Morgan fingerprint density at radius 3 is 2.80 bits per heavy atom. The van der Waals surface area contributed by atoms with Crippen molar-refractivity contribution in [1.82, 2.24) is 9.80 Å². The Kier molecular flexibility index (Phi) is 6.11. The van der Waals surface area contributed by atoms with Crippen LogP contribution in [0.2, 0.25) is 0 Å². The molecule has 2 fully saturated rings. The highest BCUT2D eigenvalue weighted by Gasteiger charge is 2.28. The van der Waals surface area contributed by atoms with E-state index in [4.69, 9.17) is 10.3 Å². The Morgan fingerprint density at radius 2 is 2.05 bits per heavy atom. The molecule has 0 radical (unpaired) electrons. The lowest BCUT2D eigenvalue weighted by Gasteiger charge is -2.26. The zero-order valence-electron chi connectivity index (χ0n) is 11.9. The largest absolute Gasteiger partial charge is 0.379 e. The smallest absolute Gasteiger partial charge is 0.222 e. The normalized spacial score (nSPS) is 23.9. The average molecular weight is 281 g/mol. The fraction of sp³-hybridized carbons (Fsp3) is 0.923. The number of carbonyl (C=O) groups excluding carboxylic acids is 1. The van der Waals surface area contributed by atoms with Crippen molar-refractivity contribution < 1.29 is 9.53 Å². The molecule has 7 nitrogen and oxygen atoms in total. The summed E-state index contributed by atoms with van der Waals surface area (Å²) in [7, 11) is 0. The van der Waals surface area contributed by atoms with Crippen LogP contribution in [0.15, 0.2) is 5.11 Å². The van der Waals surface area contributed by atoms with Crippen molar-refractivity contribution in [2.24, 2.45) is 11.0 Å². The van der Waals surface area contributed by atoms with Gasteiger partial charge in [0.05, 0.1) is 13.2 Å². The number of rotatable bonds is 7. The first-order valence-corrected chi connectivity index (χ1v) is 7.38. The molecule has 20 heavy (non-hydrogen) atoms. The summed E-state index contributed by atoms with van der Waals surface area (Å²) in [5.41, 5.74) is 8.30. The summed E-state index contributed by atoms with van der Waals surface area (Å²) in [4.78, 5) is 18.9. The summed E-state index contributed by atoms with van der Waals surface area (Å²) in [6, 6.07) is 0. The fourth-order valence-electron chi connectivity index (χ4n) is 2.81. The first-order chi connectivity index (χ1) is 9.79. The number of nitrogens with zero attached hydrogens (tertiary/aromatic N) is 5. The van der Waals surface area contributed by atoms with E-state index in [1.807, 2.05) is 4.90 Å². The van der Waals surface area contributed by atoms with Crippen molar-refractivity contribution in [3.8, 4) is 0 Å². The SMILES string of the molecule is [N-]=[N+]=NCC1CC(=O)N(CCCCN2CCOCC2)C1. The number of unbranched alkanes of at least 4 members (excludes halogenated alkanes) is 1. The van der Waals surface area contributed by atoms with E-state index in [0.29, 0.717) is 13.0 Å². The van der Waals surface area contributed by atoms with Crippen LogP contribution in [0.4, 0.5) is 0 Å². The van der Waals surface area contributed by atoms with Crippen LogP contribution in [0, 0.1) is 5.92 Å². The molecule has 2 aliphatic rings. The number of amides is 1. The van der Waals surface area contributed by atoms with E-state index in [2.05, 4.69) is 14.9 Å². The minimum Gasteiger partial charge on any atom is -0.379 e. The van der Waals surface area contributed by atoms with Crippen molar-refractivity contribution in [3.63, 3.8) is 0 Å². The molecule has 0 aromatic heterocycles. The first-order valence-electron chi connectivity index (χ1n) is 7.38. The Morgan fingerprint density at radius 1 is 1.30 bits per heavy atom. The van der Waals surface area contributed by atoms with Gasteiger partial charge in [0.1, 0.15) is 0 Å². The van der Waals surface area contributed by atoms with Crippen LogP contribution in [0.1, 0.15) is 19.3 Å². The zero-order chi connectivity index (χ0) is 14.2. The number of hydrogen-bond donors (Lipinski definition) is 0. The second-order valence-corrected chi connectivity index (χ2v) is 5.48. The molecule has 2 heterocycles. The summed E-state index contributed by atoms with van der Waals surface area (Å²) in [5.74, 6) is 0.409. The van der Waals surface area contributed by atoms with E-state index in [9.17, 15) is 4.79 Å². The van der Waals surface area contributed by atoms with Crippen LogP contribution in [0.5, 0.6) is 0 Å².